The molecule has 2 saturated heterocycles. The van der Waals surface area contributed by atoms with E-state index in [1.807, 2.05) is 0 Å². The van der Waals surface area contributed by atoms with Crippen LogP contribution < -0.4 is 15.1 Å². The van der Waals surface area contributed by atoms with Gasteiger partial charge in [0.15, 0.2) is 0 Å². The number of imide groups is 2. The average molecular weight is 922 g/mol. The van der Waals surface area contributed by atoms with Gasteiger partial charge in [-0.15, -0.1) is 0 Å². The number of nitrogens with zero attached hydrogens (tertiary/aromatic N) is 8. The largest absolute Gasteiger partial charge is 0.444 e. The van der Waals surface area contributed by atoms with Crippen molar-refractivity contribution in [3.8, 4) is 0 Å². The summed E-state index contributed by atoms with van der Waals surface area (Å²) >= 11 is 0. The Morgan fingerprint density at radius 1 is 0.567 bits per heavy atom. The molecule has 4 aromatic rings. The molecule has 0 bridgehead atoms. The number of nitro groups is 2. The first-order chi connectivity index (χ1) is 31.6. The minimum absolute atomic E-state index is 0.00861. The number of rotatable bonds is 10. The van der Waals surface area contributed by atoms with Crippen molar-refractivity contribution in [3.63, 3.8) is 0 Å². The van der Waals surface area contributed by atoms with Crippen LogP contribution in [-0.4, -0.2) is 155 Å². The lowest BCUT2D eigenvalue weighted by Gasteiger charge is -2.37. The number of nitrogens with one attached hydrogen (secondary N) is 1. The molecule has 8 rings (SSSR count). The molecule has 21 nitrogen and oxygen atoms in total. The van der Waals surface area contributed by atoms with Gasteiger partial charge in [0.2, 0.25) is 0 Å². The van der Waals surface area contributed by atoms with Gasteiger partial charge in [0.25, 0.3) is 35.0 Å². The molecule has 4 aromatic carbocycles. The Hall–Kier alpha value is -7.42. The van der Waals surface area contributed by atoms with Crippen molar-refractivity contribution in [3.05, 3.63) is 91.0 Å². The van der Waals surface area contributed by atoms with Crippen LogP contribution in [0, 0.1) is 20.2 Å². The van der Waals surface area contributed by atoms with E-state index in [-0.39, 0.29) is 124 Å². The van der Waals surface area contributed by atoms with E-state index < -0.39 is 56.9 Å². The third-order valence-electron chi connectivity index (χ3n) is 12.0. The number of carbonyl (C=O) groups is 6. The molecule has 4 aliphatic rings. The third-order valence-corrected chi connectivity index (χ3v) is 12.0. The van der Waals surface area contributed by atoms with Gasteiger partial charge in [-0.25, -0.2) is 9.59 Å². The maximum atomic E-state index is 14.0. The summed E-state index contributed by atoms with van der Waals surface area (Å²) in [5, 5.41) is 29.6. The molecule has 0 atom stereocenters. The Balaban J connectivity index is 0.944. The van der Waals surface area contributed by atoms with Gasteiger partial charge in [0.1, 0.15) is 22.6 Å². The standard InChI is InChI=1S/C46H51N9O12/c1-45(2,3)66-43(60)50-21-17-48(18-22-50)37-27-9-7-11-29-35(27)31(25-33(37)54(62)63)41(58)52(39(29)56)15-13-47-14-16-53-40(57)30-12-8-10-28-36(30)32(42(53)59)26-34(55(64)65)38(28)49-19-23-51(24-20-49)44(61)67-46(4,5)6/h7-12,25-26,47H,13-24H2,1-6H3. The van der Waals surface area contributed by atoms with Crippen LogP contribution in [0.4, 0.5) is 32.3 Å². The molecule has 0 radical (unpaired) electrons. The Morgan fingerprint density at radius 2 is 0.910 bits per heavy atom. The highest BCUT2D eigenvalue weighted by Crippen LogP contribution is 2.44. The number of nitro benzene ring substituents is 2. The monoisotopic (exact) mass is 921 g/mol. The normalized spacial score (nSPS) is 16.6. The Kier molecular flexibility index (Phi) is 12.0. The molecule has 0 aliphatic carbocycles. The fourth-order valence-electron chi connectivity index (χ4n) is 9.10. The van der Waals surface area contributed by atoms with Crippen LogP contribution in [0.15, 0.2) is 48.5 Å². The van der Waals surface area contributed by atoms with Crippen molar-refractivity contribution in [2.75, 3.05) is 88.3 Å². The van der Waals surface area contributed by atoms with Gasteiger partial charge in [-0.2, -0.15) is 0 Å². The smallest absolute Gasteiger partial charge is 0.410 e. The van der Waals surface area contributed by atoms with Gasteiger partial charge >= 0.3 is 12.2 Å². The first-order valence-corrected chi connectivity index (χ1v) is 22.0. The van der Waals surface area contributed by atoms with E-state index in [4.69, 9.17) is 9.47 Å². The molecule has 67 heavy (non-hydrogen) atoms. The molecule has 6 amide bonds. The fraction of sp³-hybridized carbons (Fsp3) is 0.435. The molecule has 352 valence electrons. The number of hydrogen-bond donors (Lipinski definition) is 1. The minimum Gasteiger partial charge on any atom is -0.444 e. The number of piperazine rings is 2. The third kappa shape index (κ3) is 8.73. The van der Waals surface area contributed by atoms with Crippen molar-refractivity contribution in [2.45, 2.75) is 52.7 Å². The predicted molar refractivity (Wildman–Crippen MR) is 245 cm³/mol. The molecule has 21 heteroatoms. The summed E-state index contributed by atoms with van der Waals surface area (Å²) < 4.78 is 11.0. The lowest BCUT2D eigenvalue weighted by atomic mass is 9.91. The summed E-state index contributed by atoms with van der Waals surface area (Å²) in [6, 6.07) is 12.0. The summed E-state index contributed by atoms with van der Waals surface area (Å²) in [5.41, 5.74) is -1.18. The Labute approximate surface area is 384 Å². The summed E-state index contributed by atoms with van der Waals surface area (Å²) in [5.74, 6) is -2.65. The molecule has 0 saturated carbocycles. The summed E-state index contributed by atoms with van der Waals surface area (Å²) in [6.07, 6.45) is -0.982. The Bertz CT molecular complexity index is 2600. The van der Waals surface area contributed by atoms with Gasteiger partial charge in [0, 0.05) is 123 Å². The summed E-state index contributed by atoms with van der Waals surface area (Å²) in [7, 11) is 0. The van der Waals surface area contributed by atoms with E-state index in [2.05, 4.69) is 5.32 Å². The van der Waals surface area contributed by atoms with E-state index in [0.717, 1.165) is 9.80 Å². The SMILES string of the molecule is CC(C)(C)OC(=O)N1CCN(c2c([N+](=O)[O-])cc3c4c(cccc24)C(=O)N(CCNCCN2C(=O)c4cccc5c(N6CCN(C(=O)OC(C)(C)C)CC6)c([N+](=O)[O-])cc(c45)C2=O)C3=O)CC1. The zero-order valence-corrected chi connectivity index (χ0v) is 38.1. The number of carbonyl (C=O) groups excluding carboxylic acids is 6. The van der Waals surface area contributed by atoms with E-state index >= 15 is 0 Å². The predicted octanol–water partition coefficient (Wildman–Crippen LogP) is 5.41. The summed E-state index contributed by atoms with van der Waals surface area (Å²) in [4.78, 5) is 114. The molecular weight excluding hydrogens is 871 g/mol. The van der Waals surface area contributed by atoms with Gasteiger partial charge in [0.05, 0.1) is 21.0 Å². The van der Waals surface area contributed by atoms with Crippen LogP contribution in [0.5, 0.6) is 0 Å². The maximum absolute atomic E-state index is 14.0. The second-order valence-corrected chi connectivity index (χ2v) is 18.7. The molecular formula is C46H51N9O12. The molecule has 4 heterocycles. The number of hydrogen-bond acceptors (Lipinski definition) is 15. The van der Waals surface area contributed by atoms with Crippen LogP contribution in [0.1, 0.15) is 83.0 Å². The first-order valence-electron chi connectivity index (χ1n) is 22.0. The molecule has 4 aliphatic heterocycles. The highest BCUT2D eigenvalue weighted by atomic mass is 16.6. The van der Waals surface area contributed by atoms with E-state index in [0.29, 0.717) is 21.5 Å². The zero-order valence-electron chi connectivity index (χ0n) is 38.1. The van der Waals surface area contributed by atoms with Crippen LogP contribution in [-0.2, 0) is 9.47 Å². The molecule has 0 spiro atoms. The van der Waals surface area contributed by atoms with Gasteiger partial charge in [-0.3, -0.25) is 49.2 Å². The molecule has 0 unspecified atom stereocenters. The highest BCUT2D eigenvalue weighted by Gasteiger charge is 2.40. The van der Waals surface area contributed by atoms with Crippen LogP contribution in [0.2, 0.25) is 0 Å². The molecule has 2 fully saturated rings. The van der Waals surface area contributed by atoms with Crippen molar-refractivity contribution in [1.29, 1.82) is 0 Å². The van der Waals surface area contributed by atoms with Crippen LogP contribution in [0.3, 0.4) is 0 Å². The fourth-order valence-corrected chi connectivity index (χ4v) is 9.10. The van der Waals surface area contributed by atoms with E-state index in [1.54, 1.807) is 87.7 Å². The molecule has 1 N–H and O–H groups in total. The first kappa shape index (κ1) is 46.1. The minimum atomic E-state index is -0.725. The van der Waals surface area contributed by atoms with E-state index in [9.17, 15) is 49.0 Å². The zero-order chi connectivity index (χ0) is 48.3. The van der Waals surface area contributed by atoms with Crippen LogP contribution >= 0.6 is 0 Å². The number of ether oxygens (including phenoxy) is 2. The second-order valence-electron chi connectivity index (χ2n) is 18.7. The van der Waals surface area contributed by atoms with Gasteiger partial charge in [-0.1, -0.05) is 24.3 Å². The van der Waals surface area contributed by atoms with Gasteiger partial charge in [-0.05, 0) is 53.7 Å². The van der Waals surface area contributed by atoms with Crippen molar-refractivity contribution >= 4 is 80.1 Å². The van der Waals surface area contributed by atoms with E-state index in [1.165, 1.54) is 21.9 Å². The number of anilines is 2. The highest BCUT2D eigenvalue weighted by molar-refractivity contribution is 6.29. The second kappa shape index (κ2) is 17.4. The Morgan fingerprint density at radius 3 is 1.24 bits per heavy atom. The topological polar surface area (TPSA) is 239 Å². The lowest BCUT2D eigenvalue weighted by molar-refractivity contribution is -0.384. The molecule has 0 aromatic heterocycles. The number of benzene rings is 4. The maximum Gasteiger partial charge on any atom is 0.410 e. The van der Waals surface area contributed by atoms with Crippen molar-refractivity contribution in [1.82, 2.24) is 24.9 Å². The lowest BCUT2D eigenvalue weighted by Crippen LogP contribution is -2.50. The average Bonchev–Trinajstić information content (AvgIpc) is 3.27. The summed E-state index contributed by atoms with van der Waals surface area (Å²) in [6.45, 7) is 12.3. The quantitative estimate of drug-likeness (QED) is 0.0906. The van der Waals surface area contributed by atoms with Crippen molar-refractivity contribution < 1.29 is 48.1 Å². The van der Waals surface area contributed by atoms with Gasteiger partial charge < -0.3 is 34.4 Å². The van der Waals surface area contributed by atoms with Crippen LogP contribution in [0.25, 0.3) is 21.5 Å². The van der Waals surface area contributed by atoms with Crippen molar-refractivity contribution in [2.24, 2.45) is 0 Å². The number of amides is 6.